The first-order chi connectivity index (χ1) is 13.8. The van der Waals surface area contributed by atoms with Crippen LogP contribution in [0, 0.1) is 0 Å². The van der Waals surface area contributed by atoms with Crippen molar-refractivity contribution in [1.29, 1.82) is 0 Å². The number of aromatic hydroxyl groups is 2. The average molecular weight is 404 g/mol. The van der Waals surface area contributed by atoms with Gasteiger partial charge in [0, 0.05) is 13.1 Å². The standard InChI is InChI=1S/C19H20N2O8/c22-12-3-2-11(15(8-12)18(25)26)10-29-21-7-1-6-20-17(24)14-5-4-13(23)9-16(14)19(27)28/h2-5,8-9,21-23H,1,6-7,10H2,(H,20,24)(H,25,26)(H,27,28). The number of carboxylic acid groups (broad SMARTS) is 2. The van der Waals surface area contributed by atoms with Crippen molar-refractivity contribution < 1.29 is 39.6 Å². The van der Waals surface area contributed by atoms with Crippen LogP contribution in [0.2, 0.25) is 0 Å². The smallest absolute Gasteiger partial charge is 0.336 e. The number of nitrogens with one attached hydrogen (secondary N) is 2. The molecule has 10 heteroatoms. The lowest BCUT2D eigenvalue weighted by molar-refractivity contribution is 0.0266. The van der Waals surface area contributed by atoms with Crippen molar-refractivity contribution in [3.8, 4) is 11.5 Å². The number of aromatic carboxylic acids is 2. The molecule has 0 bridgehead atoms. The predicted molar refractivity (Wildman–Crippen MR) is 99.9 cm³/mol. The first-order valence-corrected chi connectivity index (χ1v) is 8.54. The number of carbonyl (C=O) groups is 3. The molecule has 0 aliphatic heterocycles. The highest BCUT2D eigenvalue weighted by molar-refractivity contribution is 6.05. The number of rotatable bonds is 10. The summed E-state index contributed by atoms with van der Waals surface area (Å²) < 4.78 is 0. The van der Waals surface area contributed by atoms with Gasteiger partial charge in [0.1, 0.15) is 11.5 Å². The van der Waals surface area contributed by atoms with Gasteiger partial charge in [0.15, 0.2) is 0 Å². The second-order valence-electron chi connectivity index (χ2n) is 5.97. The normalized spacial score (nSPS) is 10.5. The zero-order chi connectivity index (χ0) is 21.4. The molecule has 0 unspecified atom stereocenters. The fourth-order valence-electron chi connectivity index (χ4n) is 2.46. The van der Waals surface area contributed by atoms with Crippen molar-refractivity contribution in [2.45, 2.75) is 13.0 Å². The van der Waals surface area contributed by atoms with E-state index >= 15 is 0 Å². The SMILES string of the molecule is O=C(O)c1cc(O)ccc1CONCCCNC(=O)c1ccc(O)cc1C(=O)O. The third-order valence-electron chi connectivity index (χ3n) is 3.87. The van der Waals surface area contributed by atoms with E-state index in [0.29, 0.717) is 18.5 Å². The van der Waals surface area contributed by atoms with E-state index in [9.17, 15) is 24.6 Å². The van der Waals surface area contributed by atoms with E-state index in [0.717, 1.165) is 12.1 Å². The minimum atomic E-state index is -1.32. The minimum Gasteiger partial charge on any atom is -0.508 e. The topological polar surface area (TPSA) is 165 Å². The molecule has 0 atom stereocenters. The van der Waals surface area contributed by atoms with E-state index < -0.39 is 17.8 Å². The van der Waals surface area contributed by atoms with Crippen LogP contribution in [-0.4, -0.2) is 51.4 Å². The van der Waals surface area contributed by atoms with Crippen LogP contribution >= 0.6 is 0 Å². The van der Waals surface area contributed by atoms with Gasteiger partial charge >= 0.3 is 11.9 Å². The molecule has 0 aliphatic rings. The maximum absolute atomic E-state index is 12.1. The van der Waals surface area contributed by atoms with E-state index in [-0.39, 0.29) is 41.3 Å². The van der Waals surface area contributed by atoms with Crippen molar-refractivity contribution in [3.63, 3.8) is 0 Å². The Morgan fingerprint density at radius 3 is 2.10 bits per heavy atom. The number of hydrogen-bond acceptors (Lipinski definition) is 7. The Kier molecular flexibility index (Phi) is 7.52. The molecule has 0 saturated carbocycles. The molecule has 0 aliphatic carbocycles. The molecule has 29 heavy (non-hydrogen) atoms. The quantitative estimate of drug-likeness (QED) is 0.253. The van der Waals surface area contributed by atoms with Crippen molar-refractivity contribution in [1.82, 2.24) is 10.8 Å². The van der Waals surface area contributed by atoms with Gasteiger partial charge in [0.05, 0.1) is 23.3 Å². The molecule has 0 radical (unpaired) electrons. The van der Waals surface area contributed by atoms with E-state index in [2.05, 4.69) is 10.8 Å². The van der Waals surface area contributed by atoms with Crippen LogP contribution in [0.25, 0.3) is 0 Å². The Morgan fingerprint density at radius 1 is 0.828 bits per heavy atom. The van der Waals surface area contributed by atoms with Crippen LogP contribution in [0.15, 0.2) is 36.4 Å². The fraction of sp³-hybridized carbons (Fsp3) is 0.211. The molecule has 0 heterocycles. The molecule has 1 amide bonds. The van der Waals surface area contributed by atoms with Crippen molar-refractivity contribution in [2.24, 2.45) is 0 Å². The summed E-state index contributed by atoms with van der Waals surface area (Å²) in [6.07, 6.45) is 0.452. The Hall–Kier alpha value is -3.63. The molecular formula is C19H20N2O8. The maximum atomic E-state index is 12.1. The Labute approximate surface area is 165 Å². The lowest BCUT2D eigenvalue weighted by Gasteiger charge is -2.10. The zero-order valence-corrected chi connectivity index (χ0v) is 15.2. The van der Waals surface area contributed by atoms with E-state index in [1.54, 1.807) is 0 Å². The van der Waals surface area contributed by atoms with Gasteiger partial charge in [-0.3, -0.25) is 9.63 Å². The molecule has 0 saturated heterocycles. The number of hydrogen-bond donors (Lipinski definition) is 6. The minimum absolute atomic E-state index is 0.0379. The third kappa shape index (κ3) is 6.19. The maximum Gasteiger partial charge on any atom is 0.336 e. The van der Waals surface area contributed by atoms with E-state index in [4.69, 9.17) is 15.1 Å². The van der Waals surface area contributed by atoms with Crippen LogP contribution in [0.4, 0.5) is 0 Å². The summed E-state index contributed by atoms with van der Waals surface area (Å²) in [5.74, 6) is -3.50. The van der Waals surface area contributed by atoms with Gasteiger partial charge in [-0.15, -0.1) is 0 Å². The van der Waals surface area contributed by atoms with Crippen LogP contribution in [0.5, 0.6) is 11.5 Å². The summed E-state index contributed by atoms with van der Waals surface area (Å²) in [7, 11) is 0. The second kappa shape index (κ2) is 10.1. The first-order valence-electron chi connectivity index (χ1n) is 8.54. The molecule has 2 aromatic carbocycles. The largest absolute Gasteiger partial charge is 0.508 e. The first kappa shape index (κ1) is 21.7. The van der Waals surface area contributed by atoms with Gasteiger partial charge < -0.3 is 25.7 Å². The second-order valence-corrected chi connectivity index (χ2v) is 5.97. The van der Waals surface area contributed by atoms with Crippen LogP contribution in [-0.2, 0) is 11.4 Å². The summed E-state index contributed by atoms with van der Waals surface area (Å²) in [5, 5.41) is 39.5. The molecular weight excluding hydrogens is 384 g/mol. The summed E-state index contributed by atoms with van der Waals surface area (Å²) in [4.78, 5) is 39.6. The lowest BCUT2D eigenvalue weighted by Crippen LogP contribution is -2.28. The van der Waals surface area contributed by atoms with Crippen molar-refractivity contribution in [2.75, 3.05) is 13.1 Å². The van der Waals surface area contributed by atoms with Gasteiger partial charge in [-0.2, -0.15) is 0 Å². The molecule has 0 spiro atoms. The molecule has 154 valence electrons. The molecule has 2 aromatic rings. The summed E-state index contributed by atoms with van der Waals surface area (Å²) in [6, 6.07) is 7.39. The summed E-state index contributed by atoms with van der Waals surface area (Å²) >= 11 is 0. The molecule has 6 N–H and O–H groups in total. The summed E-state index contributed by atoms with van der Waals surface area (Å²) in [6.45, 7) is 0.528. The van der Waals surface area contributed by atoms with E-state index in [1.807, 2.05) is 0 Å². The number of carboxylic acids is 2. The number of amides is 1. The number of carbonyl (C=O) groups excluding carboxylic acids is 1. The number of phenolic OH excluding ortho intramolecular Hbond substituents is 2. The number of benzene rings is 2. The predicted octanol–water partition coefficient (Wildman–Crippen LogP) is 1.34. The van der Waals surface area contributed by atoms with Crippen LogP contribution in [0.3, 0.4) is 0 Å². The van der Waals surface area contributed by atoms with Gasteiger partial charge in [-0.25, -0.2) is 15.1 Å². The number of phenols is 2. The van der Waals surface area contributed by atoms with Gasteiger partial charge in [0.2, 0.25) is 0 Å². The monoisotopic (exact) mass is 404 g/mol. The average Bonchev–Trinajstić information content (AvgIpc) is 2.67. The molecule has 0 aromatic heterocycles. The van der Waals surface area contributed by atoms with Crippen LogP contribution in [0.1, 0.15) is 43.1 Å². The molecule has 10 nitrogen and oxygen atoms in total. The third-order valence-corrected chi connectivity index (χ3v) is 3.87. The van der Waals surface area contributed by atoms with Gasteiger partial charge in [0.25, 0.3) is 5.91 Å². The van der Waals surface area contributed by atoms with Crippen molar-refractivity contribution in [3.05, 3.63) is 58.7 Å². The highest BCUT2D eigenvalue weighted by Gasteiger charge is 2.17. The fourth-order valence-corrected chi connectivity index (χ4v) is 2.46. The highest BCUT2D eigenvalue weighted by atomic mass is 16.6. The van der Waals surface area contributed by atoms with Crippen molar-refractivity contribution >= 4 is 17.8 Å². The zero-order valence-electron chi connectivity index (χ0n) is 15.2. The highest BCUT2D eigenvalue weighted by Crippen LogP contribution is 2.18. The van der Waals surface area contributed by atoms with Gasteiger partial charge in [-0.1, -0.05) is 6.07 Å². The molecule has 2 rings (SSSR count). The van der Waals surface area contributed by atoms with Crippen LogP contribution < -0.4 is 10.8 Å². The van der Waals surface area contributed by atoms with Gasteiger partial charge in [-0.05, 0) is 42.3 Å². The molecule has 0 fully saturated rings. The Bertz CT molecular complexity index is 913. The Balaban J connectivity index is 1.74. The summed E-state index contributed by atoms with van der Waals surface area (Å²) in [5.41, 5.74) is 2.58. The lowest BCUT2D eigenvalue weighted by atomic mass is 10.1. The Morgan fingerprint density at radius 2 is 1.45 bits per heavy atom. The van der Waals surface area contributed by atoms with E-state index in [1.165, 1.54) is 24.3 Å². The number of hydroxylamine groups is 1.